The molecule has 3 aromatic rings. The molecule has 5 rings (SSSR count). The number of hydrogen-bond acceptors (Lipinski definition) is 5. The molecule has 3 N–H and O–H groups in total. The van der Waals surface area contributed by atoms with Crippen molar-refractivity contribution in [1.82, 2.24) is 4.57 Å². The van der Waals surface area contributed by atoms with E-state index >= 15 is 0 Å². The van der Waals surface area contributed by atoms with Gasteiger partial charge in [-0.15, -0.1) is 0 Å². The van der Waals surface area contributed by atoms with E-state index in [2.05, 4.69) is 5.32 Å². The Morgan fingerprint density at radius 2 is 1.85 bits per heavy atom. The second kappa shape index (κ2) is 11.7. The molecule has 0 saturated carbocycles. The molecule has 0 radical (unpaired) electrons. The molecule has 39 heavy (non-hydrogen) atoms. The third-order valence-electron chi connectivity index (χ3n) is 7.39. The number of fused-ring (bicyclic) bond motifs is 3. The smallest absolute Gasteiger partial charge is 0.251 e. The summed E-state index contributed by atoms with van der Waals surface area (Å²) in [5.41, 5.74) is 9.40. The Kier molecular flexibility index (Phi) is 8.16. The SMILES string of the molecule is C[C@@H]1Cc2ccc(Cl)cc2-c2cc(=O)n([C@@H](C[C@@H]3CCCCO3)C(=O)Nc3ccc(C(N)=O)cc3)cc2CO1. The van der Waals surface area contributed by atoms with E-state index in [-0.39, 0.29) is 23.7 Å². The van der Waals surface area contributed by atoms with Crippen LogP contribution in [-0.4, -0.2) is 35.2 Å². The number of aromatic nitrogens is 1. The maximum atomic E-state index is 13.7. The summed E-state index contributed by atoms with van der Waals surface area (Å²) in [6, 6.07) is 12.8. The van der Waals surface area contributed by atoms with Crippen LogP contribution in [0, 0.1) is 0 Å². The Labute approximate surface area is 232 Å². The number of rotatable bonds is 6. The average molecular weight is 550 g/mol. The molecular weight excluding hydrogens is 518 g/mol. The van der Waals surface area contributed by atoms with Crippen LogP contribution in [0.3, 0.4) is 0 Å². The van der Waals surface area contributed by atoms with Crippen molar-refractivity contribution < 1.29 is 19.1 Å². The lowest BCUT2D eigenvalue weighted by Crippen LogP contribution is -2.37. The van der Waals surface area contributed by atoms with Crippen LogP contribution >= 0.6 is 11.6 Å². The highest BCUT2D eigenvalue weighted by Gasteiger charge is 2.29. The summed E-state index contributed by atoms with van der Waals surface area (Å²) in [5.74, 6) is -0.895. The number of ether oxygens (including phenoxy) is 2. The lowest BCUT2D eigenvalue weighted by atomic mass is 9.92. The van der Waals surface area contributed by atoms with E-state index in [1.807, 2.05) is 25.1 Å². The first-order valence-corrected chi connectivity index (χ1v) is 13.6. The van der Waals surface area contributed by atoms with Crippen LogP contribution in [0.25, 0.3) is 11.1 Å². The van der Waals surface area contributed by atoms with Crippen molar-refractivity contribution in [2.45, 2.75) is 63.9 Å². The second-order valence-electron chi connectivity index (χ2n) is 10.3. The molecule has 2 aromatic carbocycles. The molecule has 3 atom stereocenters. The first kappa shape index (κ1) is 27.1. The number of carbonyl (C=O) groups excluding carboxylic acids is 2. The molecule has 9 heteroatoms. The van der Waals surface area contributed by atoms with Crippen LogP contribution < -0.4 is 16.6 Å². The third-order valence-corrected chi connectivity index (χ3v) is 7.63. The van der Waals surface area contributed by atoms with Gasteiger partial charge in [0.1, 0.15) is 6.04 Å². The predicted octanol–water partition coefficient (Wildman–Crippen LogP) is 4.87. The Morgan fingerprint density at radius 1 is 1.08 bits per heavy atom. The number of primary amides is 1. The number of anilines is 1. The highest BCUT2D eigenvalue weighted by molar-refractivity contribution is 6.30. The topological polar surface area (TPSA) is 113 Å². The zero-order valence-corrected chi connectivity index (χ0v) is 22.6. The number of amides is 2. The van der Waals surface area contributed by atoms with Crippen molar-refractivity contribution in [3.8, 4) is 11.1 Å². The standard InChI is InChI=1S/C30H32ClN3O5/c1-18-12-20-5-8-22(31)13-25(20)26-15-28(35)34(16-21(26)17-39-18)27(14-24-4-2-3-11-38-24)30(37)33-23-9-6-19(7-10-23)29(32)36/h5-10,13,15-16,18,24,27H,2-4,11-12,14,17H2,1H3,(H2,32,36)(H,33,37)/t18-,24+,27+/m1/s1. The molecule has 1 fully saturated rings. The quantitative estimate of drug-likeness (QED) is 0.455. The summed E-state index contributed by atoms with van der Waals surface area (Å²) in [7, 11) is 0. The van der Waals surface area contributed by atoms with Crippen LogP contribution in [0.15, 0.2) is 59.5 Å². The Hall–Kier alpha value is -3.46. The Bertz CT molecular complexity index is 1430. The van der Waals surface area contributed by atoms with E-state index in [1.165, 1.54) is 4.57 Å². The lowest BCUT2D eigenvalue weighted by molar-refractivity contribution is -0.121. The number of nitrogens with zero attached hydrogens (tertiary/aromatic N) is 1. The van der Waals surface area contributed by atoms with Gasteiger partial charge in [-0.3, -0.25) is 14.4 Å². The fraction of sp³-hybridized carbons (Fsp3) is 0.367. The summed E-state index contributed by atoms with van der Waals surface area (Å²) >= 11 is 6.34. The predicted molar refractivity (Wildman–Crippen MR) is 150 cm³/mol. The van der Waals surface area contributed by atoms with Gasteiger partial charge < -0.3 is 25.1 Å². The number of carbonyl (C=O) groups is 2. The molecule has 1 saturated heterocycles. The fourth-order valence-electron chi connectivity index (χ4n) is 5.31. The van der Waals surface area contributed by atoms with Gasteiger partial charge in [0.2, 0.25) is 11.8 Å². The molecule has 0 unspecified atom stereocenters. The van der Waals surface area contributed by atoms with Gasteiger partial charge in [-0.2, -0.15) is 0 Å². The minimum Gasteiger partial charge on any atom is -0.378 e. The number of benzene rings is 2. The van der Waals surface area contributed by atoms with Crippen LogP contribution in [0.2, 0.25) is 5.02 Å². The van der Waals surface area contributed by atoms with Gasteiger partial charge in [0.05, 0.1) is 18.8 Å². The average Bonchev–Trinajstić information content (AvgIpc) is 2.92. The molecule has 2 aliphatic heterocycles. The molecule has 1 aromatic heterocycles. The van der Waals surface area contributed by atoms with Crippen molar-refractivity contribution in [3.05, 3.63) is 86.8 Å². The highest BCUT2D eigenvalue weighted by atomic mass is 35.5. The van der Waals surface area contributed by atoms with Crippen LogP contribution in [0.5, 0.6) is 0 Å². The second-order valence-corrected chi connectivity index (χ2v) is 10.7. The van der Waals surface area contributed by atoms with E-state index in [4.69, 9.17) is 26.8 Å². The molecule has 2 amide bonds. The van der Waals surface area contributed by atoms with E-state index in [1.54, 1.807) is 36.5 Å². The van der Waals surface area contributed by atoms with Gasteiger partial charge in [-0.1, -0.05) is 17.7 Å². The molecule has 204 valence electrons. The first-order chi connectivity index (χ1) is 18.8. The molecule has 2 aliphatic rings. The number of pyridine rings is 1. The van der Waals surface area contributed by atoms with Crippen molar-refractivity contribution in [2.24, 2.45) is 5.73 Å². The maximum Gasteiger partial charge on any atom is 0.251 e. The van der Waals surface area contributed by atoms with Gasteiger partial charge in [0.15, 0.2) is 0 Å². The first-order valence-electron chi connectivity index (χ1n) is 13.3. The molecule has 0 aliphatic carbocycles. The van der Waals surface area contributed by atoms with Crippen LogP contribution in [0.4, 0.5) is 5.69 Å². The van der Waals surface area contributed by atoms with Gasteiger partial charge in [-0.05, 0) is 85.7 Å². The highest BCUT2D eigenvalue weighted by Crippen LogP contribution is 2.33. The molecular formula is C30H32ClN3O5. The molecule has 0 bridgehead atoms. The monoisotopic (exact) mass is 549 g/mol. The minimum absolute atomic E-state index is 0.0310. The largest absolute Gasteiger partial charge is 0.378 e. The normalized spacial score (nSPS) is 19.6. The maximum absolute atomic E-state index is 13.7. The molecule has 0 spiro atoms. The van der Waals surface area contributed by atoms with E-state index in [0.29, 0.717) is 42.3 Å². The number of nitrogens with one attached hydrogen (secondary N) is 1. The van der Waals surface area contributed by atoms with Gasteiger partial charge >= 0.3 is 0 Å². The summed E-state index contributed by atoms with van der Waals surface area (Å²) in [6.07, 6.45) is 5.43. The van der Waals surface area contributed by atoms with Crippen molar-refractivity contribution >= 4 is 29.1 Å². The van der Waals surface area contributed by atoms with Crippen molar-refractivity contribution in [2.75, 3.05) is 11.9 Å². The summed E-state index contributed by atoms with van der Waals surface area (Å²) in [4.78, 5) is 38.7. The Balaban J connectivity index is 1.53. The number of hydrogen-bond donors (Lipinski definition) is 2. The zero-order chi connectivity index (χ0) is 27.5. The van der Waals surface area contributed by atoms with E-state index in [9.17, 15) is 14.4 Å². The van der Waals surface area contributed by atoms with Gasteiger partial charge in [0.25, 0.3) is 5.56 Å². The van der Waals surface area contributed by atoms with Gasteiger partial charge in [0, 0.05) is 47.1 Å². The van der Waals surface area contributed by atoms with Crippen molar-refractivity contribution in [3.63, 3.8) is 0 Å². The number of halogens is 1. The van der Waals surface area contributed by atoms with Crippen LogP contribution in [0.1, 0.15) is 60.1 Å². The van der Waals surface area contributed by atoms with E-state index < -0.39 is 11.9 Å². The summed E-state index contributed by atoms with van der Waals surface area (Å²) in [6.45, 7) is 2.95. The summed E-state index contributed by atoms with van der Waals surface area (Å²) < 4.78 is 13.5. The molecule has 8 nitrogen and oxygen atoms in total. The lowest BCUT2D eigenvalue weighted by Gasteiger charge is -2.29. The number of nitrogens with two attached hydrogens (primary N) is 1. The van der Waals surface area contributed by atoms with Gasteiger partial charge in [-0.25, -0.2) is 0 Å². The fourth-order valence-corrected chi connectivity index (χ4v) is 5.48. The van der Waals surface area contributed by atoms with E-state index in [0.717, 1.165) is 41.5 Å². The third kappa shape index (κ3) is 6.24. The minimum atomic E-state index is -0.816. The summed E-state index contributed by atoms with van der Waals surface area (Å²) in [5, 5.41) is 3.49. The molecule has 3 heterocycles. The Morgan fingerprint density at radius 3 is 2.56 bits per heavy atom. The zero-order valence-electron chi connectivity index (χ0n) is 21.8. The van der Waals surface area contributed by atoms with Crippen molar-refractivity contribution in [1.29, 1.82) is 0 Å². The van der Waals surface area contributed by atoms with Crippen LogP contribution in [-0.2, 0) is 27.3 Å².